The van der Waals surface area contributed by atoms with Crippen molar-refractivity contribution in [2.75, 3.05) is 72.7 Å². The molecule has 0 spiro atoms. The van der Waals surface area contributed by atoms with Gasteiger partial charge in [0.15, 0.2) is 5.96 Å². The molecular weight excluding hydrogens is 443 g/mol. The lowest BCUT2D eigenvalue weighted by Gasteiger charge is -2.23. The summed E-state index contributed by atoms with van der Waals surface area (Å²) >= 11 is 0. The van der Waals surface area contributed by atoms with Gasteiger partial charge in [-0.3, -0.25) is 4.99 Å². The Hall–Kier alpha value is -0.120. The van der Waals surface area contributed by atoms with E-state index in [0.29, 0.717) is 25.0 Å². The van der Waals surface area contributed by atoms with Gasteiger partial charge < -0.3 is 24.6 Å². The number of nitrogens with one attached hydrogen (secondary N) is 1. The molecule has 0 aromatic rings. The molecule has 2 aliphatic heterocycles. The van der Waals surface area contributed by atoms with E-state index in [4.69, 9.17) is 14.5 Å². The zero-order valence-corrected chi connectivity index (χ0v) is 19.2. The third kappa shape index (κ3) is 8.71. The number of hydrogen-bond acceptors (Lipinski definition) is 4. The highest BCUT2D eigenvalue weighted by Gasteiger charge is 2.25. The summed E-state index contributed by atoms with van der Waals surface area (Å²) in [4.78, 5) is 9.90. The van der Waals surface area contributed by atoms with Crippen molar-refractivity contribution in [1.29, 1.82) is 0 Å². The van der Waals surface area contributed by atoms with Crippen molar-refractivity contribution in [3.05, 3.63) is 0 Å². The average molecular weight is 482 g/mol. The number of guanidine groups is 1. The van der Waals surface area contributed by atoms with Gasteiger partial charge in [0.1, 0.15) is 0 Å². The standard InChI is InChI=1S/C19H38N4O2.HI/c1-4-20-19(21-13-17(2)14-22-8-5-6-9-22)23-10-7-18(15-23)16-25-12-11-24-3;/h17-18H,4-16H2,1-3H3,(H,20,21);1H. The number of nitrogens with zero attached hydrogens (tertiary/aromatic N) is 3. The van der Waals surface area contributed by atoms with Crippen LogP contribution in [-0.2, 0) is 9.47 Å². The Morgan fingerprint density at radius 1 is 1.23 bits per heavy atom. The molecular formula is C19H39IN4O2. The molecule has 0 aromatic carbocycles. The van der Waals surface area contributed by atoms with Crippen molar-refractivity contribution in [1.82, 2.24) is 15.1 Å². The minimum atomic E-state index is 0. The van der Waals surface area contributed by atoms with E-state index in [1.807, 2.05) is 0 Å². The average Bonchev–Trinajstić information content (AvgIpc) is 3.27. The second-order valence-electron chi connectivity index (χ2n) is 7.48. The summed E-state index contributed by atoms with van der Waals surface area (Å²) in [5, 5.41) is 3.47. The summed E-state index contributed by atoms with van der Waals surface area (Å²) in [5.74, 6) is 2.29. The summed E-state index contributed by atoms with van der Waals surface area (Å²) in [6.45, 7) is 14.3. The summed E-state index contributed by atoms with van der Waals surface area (Å²) in [6, 6.07) is 0. The summed E-state index contributed by atoms with van der Waals surface area (Å²) < 4.78 is 10.7. The zero-order valence-electron chi connectivity index (χ0n) is 16.9. The fourth-order valence-corrected chi connectivity index (χ4v) is 3.69. The predicted molar refractivity (Wildman–Crippen MR) is 119 cm³/mol. The second kappa shape index (κ2) is 14.0. The Morgan fingerprint density at radius 2 is 2.00 bits per heavy atom. The lowest BCUT2D eigenvalue weighted by molar-refractivity contribution is 0.0536. The molecule has 0 aliphatic carbocycles. The monoisotopic (exact) mass is 482 g/mol. The maximum atomic E-state index is 5.70. The van der Waals surface area contributed by atoms with Crippen LogP contribution in [-0.4, -0.2) is 88.5 Å². The second-order valence-corrected chi connectivity index (χ2v) is 7.48. The van der Waals surface area contributed by atoms with Crippen molar-refractivity contribution in [3.63, 3.8) is 0 Å². The number of rotatable bonds is 10. The van der Waals surface area contributed by atoms with Gasteiger partial charge in [0.2, 0.25) is 0 Å². The van der Waals surface area contributed by atoms with Gasteiger partial charge in [-0.05, 0) is 45.2 Å². The number of hydrogen-bond donors (Lipinski definition) is 1. The van der Waals surface area contributed by atoms with Gasteiger partial charge in [-0.25, -0.2) is 0 Å². The van der Waals surface area contributed by atoms with Gasteiger partial charge in [-0.15, -0.1) is 24.0 Å². The largest absolute Gasteiger partial charge is 0.382 e. The molecule has 2 aliphatic rings. The molecule has 26 heavy (non-hydrogen) atoms. The van der Waals surface area contributed by atoms with Gasteiger partial charge in [0.25, 0.3) is 0 Å². The molecule has 7 heteroatoms. The highest BCUT2D eigenvalue weighted by Crippen LogP contribution is 2.17. The predicted octanol–water partition coefficient (Wildman–Crippen LogP) is 2.29. The number of aliphatic imine (C=N–C) groups is 1. The molecule has 2 unspecified atom stereocenters. The van der Waals surface area contributed by atoms with Crippen LogP contribution in [0.15, 0.2) is 4.99 Å². The highest BCUT2D eigenvalue weighted by atomic mass is 127. The minimum Gasteiger partial charge on any atom is -0.382 e. The SMILES string of the molecule is CCNC(=NCC(C)CN1CCCC1)N1CCC(COCCOC)C1.I. The first-order valence-electron chi connectivity index (χ1n) is 10.0. The van der Waals surface area contributed by atoms with Gasteiger partial charge >= 0.3 is 0 Å². The van der Waals surface area contributed by atoms with Gasteiger partial charge in [-0.1, -0.05) is 6.92 Å². The molecule has 2 heterocycles. The Kier molecular flexibility index (Phi) is 12.8. The van der Waals surface area contributed by atoms with Crippen LogP contribution in [0.5, 0.6) is 0 Å². The smallest absolute Gasteiger partial charge is 0.193 e. The van der Waals surface area contributed by atoms with E-state index >= 15 is 0 Å². The number of halogens is 1. The van der Waals surface area contributed by atoms with E-state index in [-0.39, 0.29) is 24.0 Å². The maximum absolute atomic E-state index is 5.70. The van der Waals surface area contributed by atoms with Gasteiger partial charge in [0.05, 0.1) is 19.8 Å². The lowest BCUT2D eigenvalue weighted by atomic mass is 10.1. The summed E-state index contributed by atoms with van der Waals surface area (Å²) in [6.07, 6.45) is 3.90. The van der Waals surface area contributed by atoms with Crippen LogP contribution in [0.25, 0.3) is 0 Å². The van der Waals surface area contributed by atoms with Crippen molar-refractivity contribution in [3.8, 4) is 0 Å². The van der Waals surface area contributed by atoms with Crippen LogP contribution in [0.3, 0.4) is 0 Å². The van der Waals surface area contributed by atoms with Crippen LogP contribution in [0.1, 0.15) is 33.1 Å². The molecule has 2 saturated heterocycles. The van der Waals surface area contributed by atoms with Crippen molar-refractivity contribution in [2.24, 2.45) is 16.8 Å². The number of methoxy groups -OCH3 is 1. The van der Waals surface area contributed by atoms with E-state index in [0.717, 1.165) is 38.7 Å². The maximum Gasteiger partial charge on any atom is 0.193 e. The first kappa shape index (κ1) is 23.9. The van der Waals surface area contributed by atoms with E-state index in [1.165, 1.54) is 38.9 Å². The highest BCUT2D eigenvalue weighted by molar-refractivity contribution is 14.0. The quantitative estimate of drug-likeness (QED) is 0.224. The third-order valence-corrected chi connectivity index (χ3v) is 5.03. The molecule has 0 bridgehead atoms. The third-order valence-electron chi connectivity index (χ3n) is 5.03. The van der Waals surface area contributed by atoms with Crippen molar-refractivity contribution < 1.29 is 9.47 Å². The lowest BCUT2D eigenvalue weighted by Crippen LogP contribution is -2.40. The molecule has 6 nitrogen and oxygen atoms in total. The molecule has 0 amide bonds. The molecule has 0 radical (unpaired) electrons. The molecule has 154 valence electrons. The normalized spacial score (nSPS) is 22.5. The fourth-order valence-electron chi connectivity index (χ4n) is 3.69. The topological polar surface area (TPSA) is 49.3 Å². The van der Waals surface area contributed by atoms with E-state index in [2.05, 4.69) is 29.0 Å². The fraction of sp³-hybridized carbons (Fsp3) is 0.947. The van der Waals surface area contributed by atoms with E-state index < -0.39 is 0 Å². The number of likely N-dealkylation sites (tertiary alicyclic amines) is 2. The Bertz CT molecular complexity index is 392. The first-order chi connectivity index (χ1) is 12.2. The summed E-state index contributed by atoms with van der Waals surface area (Å²) in [5.41, 5.74) is 0. The van der Waals surface area contributed by atoms with Crippen LogP contribution in [0.4, 0.5) is 0 Å². The van der Waals surface area contributed by atoms with E-state index in [1.54, 1.807) is 7.11 Å². The first-order valence-corrected chi connectivity index (χ1v) is 10.0. The Balaban J connectivity index is 0.00000338. The van der Waals surface area contributed by atoms with E-state index in [9.17, 15) is 0 Å². The van der Waals surface area contributed by atoms with Crippen LogP contribution in [0, 0.1) is 11.8 Å². The Morgan fingerprint density at radius 3 is 2.69 bits per heavy atom. The van der Waals surface area contributed by atoms with Crippen molar-refractivity contribution >= 4 is 29.9 Å². The molecule has 0 saturated carbocycles. The Labute approximate surface area is 177 Å². The van der Waals surface area contributed by atoms with Crippen LogP contribution in [0.2, 0.25) is 0 Å². The zero-order chi connectivity index (χ0) is 17.9. The van der Waals surface area contributed by atoms with Gasteiger partial charge in [0, 0.05) is 45.8 Å². The van der Waals surface area contributed by atoms with Gasteiger partial charge in [-0.2, -0.15) is 0 Å². The minimum absolute atomic E-state index is 0. The molecule has 1 N–H and O–H groups in total. The molecule has 2 atom stereocenters. The molecule has 0 aromatic heterocycles. The number of ether oxygens (including phenoxy) is 2. The molecule has 2 fully saturated rings. The van der Waals surface area contributed by atoms with Crippen molar-refractivity contribution in [2.45, 2.75) is 33.1 Å². The summed E-state index contributed by atoms with van der Waals surface area (Å²) in [7, 11) is 1.71. The van der Waals surface area contributed by atoms with Crippen LogP contribution < -0.4 is 5.32 Å². The molecule has 2 rings (SSSR count). The van der Waals surface area contributed by atoms with Crippen LogP contribution >= 0.6 is 24.0 Å².